The van der Waals surface area contributed by atoms with E-state index in [1.54, 1.807) is 25.1 Å². The molecule has 34 heavy (non-hydrogen) atoms. The molecule has 2 N–H and O–H groups in total. The molecule has 4 aromatic rings. The van der Waals surface area contributed by atoms with E-state index in [1.165, 1.54) is 11.6 Å². The van der Waals surface area contributed by atoms with Gasteiger partial charge in [-0.25, -0.2) is 9.78 Å². The second-order valence-corrected chi connectivity index (χ2v) is 8.87. The van der Waals surface area contributed by atoms with Crippen LogP contribution in [0.3, 0.4) is 0 Å². The average molecular weight is 495 g/mol. The van der Waals surface area contributed by atoms with Crippen molar-refractivity contribution >= 4 is 51.7 Å². The van der Waals surface area contributed by atoms with E-state index in [-0.39, 0.29) is 11.6 Å². The van der Waals surface area contributed by atoms with Gasteiger partial charge in [0.15, 0.2) is 5.65 Å². The number of ether oxygens (including phenoxy) is 1. The maximum absolute atomic E-state index is 11.4. The highest BCUT2D eigenvalue weighted by atomic mass is 35.5. The van der Waals surface area contributed by atoms with Gasteiger partial charge in [0.2, 0.25) is 0 Å². The molecule has 1 aliphatic heterocycles. The van der Waals surface area contributed by atoms with Crippen molar-refractivity contribution in [2.75, 3.05) is 18.0 Å². The van der Waals surface area contributed by atoms with Crippen LogP contribution in [-0.4, -0.2) is 39.1 Å². The molecular formula is C25H20Cl2N4O3. The largest absolute Gasteiger partial charge is 0.478 e. The quantitative estimate of drug-likeness (QED) is 0.335. The minimum atomic E-state index is -1.01. The number of benzene rings is 2. The number of nitrogens with one attached hydrogen (secondary N) is 1. The summed E-state index contributed by atoms with van der Waals surface area (Å²) in [7, 11) is 0. The zero-order valence-electron chi connectivity index (χ0n) is 18.2. The number of aryl methyl sites for hydroxylation is 1. The van der Waals surface area contributed by atoms with Crippen molar-refractivity contribution in [3.63, 3.8) is 0 Å². The fourth-order valence-corrected chi connectivity index (χ4v) is 4.35. The zero-order chi connectivity index (χ0) is 23.8. The number of rotatable bonds is 5. The molecule has 7 nitrogen and oxygen atoms in total. The third kappa shape index (κ3) is 4.44. The lowest BCUT2D eigenvalue weighted by molar-refractivity contribution is 0.0695. The third-order valence-corrected chi connectivity index (χ3v) is 6.29. The Hall–Kier alpha value is -3.55. The monoisotopic (exact) mass is 494 g/mol. The second-order valence-electron chi connectivity index (χ2n) is 8.02. The molecular weight excluding hydrogens is 475 g/mol. The summed E-state index contributed by atoms with van der Waals surface area (Å²) in [6.45, 7) is 3.17. The standard InChI is InChI=1S/C25H20Cl2N4O3/c1-14-2-7-18(12-19(14)24(32)33)34-25-28-21-13-20(27)23(29-22(21)30-25)31-10-8-16(9-11-31)15-3-5-17(26)6-4-15/h2-8,12-13H,9-11H2,1H3,(H,32,33)(H,28,29,30). The molecule has 172 valence electrons. The Balaban J connectivity index is 1.37. The Labute approximate surface area is 205 Å². The van der Waals surface area contributed by atoms with Gasteiger partial charge in [-0.05, 0) is 60.4 Å². The van der Waals surface area contributed by atoms with Crippen LogP contribution in [0.4, 0.5) is 5.82 Å². The normalized spacial score (nSPS) is 13.7. The van der Waals surface area contributed by atoms with Crippen molar-refractivity contribution in [3.8, 4) is 11.8 Å². The van der Waals surface area contributed by atoms with E-state index in [1.807, 2.05) is 24.3 Å². The third-order valence-electron chi connectivity index (χ3n) is 5.76. The van der Waals surface area contributed by atoms with Crippen LogP contribution in [0, 0.1) is 6.92 Å². The Morgan fingerprint density at radius 3 is 2.62 bits per heavy atom. The number of carbonyl (C=O) groups is 1. The number of carboxylic acid groups (broad SMARTS) is 1. The van der Waals surface area contributed by atoms with E-state index in [0.29, 0.717) is 39.9 Å². The van der Waals surface area contributed by atoms with Gasteiger partial charge < -0.3 is 19.7 Å². The number of fused-ring (bicyclic) bond motifs is 1. The predicted octanol–water partition coefficient (Wildman–Crippen LogP) is 6.36. The summed E-state index contributed by atoms with van der Waals surface area (Å²) in [6.07, 6.45) is 3.03. The molecule has 0 radical (unpaired) electrons. The average Bonchev–Trinajstić information content (AvgIpc) is 3.21. The van der Waals surface area contributed by atoms with E-state index in [2.05, 4.69) is 25.9 Å². The van der Waals surface area contributed by atoms with Gasteiger partial charge in [-0.15, -0.1) is 0 Å². The fourth-order valence-electron chi connectivity index (χ4n) is 3.95. The van der Waals surface area contributed by atoms with Gasteiger partial charge in [-0.2, -0.15) is 4.98 Å². The molecule has 2 aromatic carbocycles. The number of carboxylic acids is 1. The molecule has 0 unspecified atom stereocenters. The lowest BCUT2D eigenvalue weighted by Gasteiger charge is -2.28. The highest BCUT2D eigenvalue weighted by Crippen LogP contribution is 2.32. The lowest BCUT2D eigenvalue weighted by atomic mass is 9.99. The van der Waals surface area contributed by atoms with Crippen molar-refractivity contribution in [2.24, 2.45) is 0 Å². The van der Waals surface area contributed by atoms with E-state index in [4.69, 9.17) is 27.9 Å². The zero-order valence-corrected chi connectivity index (χ0v) is 19.7. The van der Waals surface area contributed by atoms with Crippen LogP contribution in [0.15, 0.2) is 54.6 Å². The van der Waals surface area contributed by atoms with E-state index in [0.717, 1.165) is 23.6 Å². The first-order valence-electron chi connectivity index (χ1n) is 10.7. The maximum atomic E-state index is 11.4. The molecule has 0 atom stereocenters. The summed E-state index contributed by atoms with van der Waals surface area (Å²) in [5.41, 5.74) is 4.34. The molecule has 0 saturated carbocycles. The Bertz CT molecular complexity index is 1430. The molecule has 0 saturated heterocycles. The van der Waals surface area contributed by atoms with E-state index in [9.17, 15) is 9.90 Å². The van der Waals surface area contributed by atoms with Gasteiger partial charge in [0.25, 0.3) is 0 Å². The first kappa shape index (κ1) is 22.3. The number of hydrogen-bond donors (Lipinski definition) is 2. The lowest BCUT2D eigenvalue weighted by Crippen LogP contribution is -2.29. The highest BCUT2D eigenvalue weighted by molar-refractivity contribution is 6.33. The molecule has 0 fully saturated rings. The number of aromatic nitrogens is 3. The second kappa shape index (κ2) is 9.00. The van der Waals surface area contributed by atoms with Crippen molar-refractivity contribution in [3.05, 3.63) is 81.3 Å². The minimum absolute atomic E-state index is 0.174. The van der Waals surface area contributed by atoms with Crippen molar-refractivity contribution in [2.45, 2.75) is 13.3 Å². The number of nitrogens with zero attached hydrogens (tertiary/aromatic N) is 3. The summed E-state index contributed by atoms with van der Waals surface area (Å²) < 4.78 is 5.76. The van der Waals surface area contributed by atoms with E-state index < -0.39 is 5.97 Å². The summed E-state index contributed by atoms with van der Waals surface area (Å²) in [5.74, 6) is 0.00634. The highest BCUT2D eigenvalue weighted by Gasteiger charge is 2.19. The smallest absolute Gasteiger partial charge is 0.336 e. The van der Waals surface area contributed by atoms with E-state index >= 15 is 0 Å². The van der Waals surface area contributed by atoms with Gasteiger partial charge >= 0.3 is 12.0 Å². The SMILES string of the molecule is Cc1ccc(Oc2nc3nc(N4CC=C(c5ccc(Cl)cc5)CC4)c(Cl)cc3[nH]2)cc1C(=O)O. The van der Waals surface area contributed by atoms with Gasteiger partial charge in [0, 0.05) is 18.1 Å². The fraction of sp³-hybridized carbons (Fsp3) is 0.160. The molecule has 0 bridgehead atoms. The molecule has 0 aliphatic carbocycles. The Kier molecular flexibility index (Phi) is 5.89. The topological polar surface area (TPSA) is 91.3 Å². The number of imidazole rings is 1. The maximum Gasteiger partial charge on any atom is 0.336 e. The summed E-state index contributed by atoms with van der Waals surface area (Å²) in [4.78, 5) is 25.6. The molecule has 1 aliphatic rings. The summed E-state index contributed by atoms with van der Waals surface area (Å²) in [6, 6.07) is 14.7. The van der Waals surface area contributed by atoms with Crippen LogP contribution in [0.25, 0.3) is 16.7 Å². The van der Waals surface area contributed by atoms with Crippen LogP contribution in [0.1, 0.15) is 27.9 Å². The number of aromatic carboxylic acids is 1. The van der Waals surface area contributed by atoms with Gasteiger partial charge in [0.05, 0.1) is 16.1 Å². The van der Waals surface area contributed by atoms with Gasteiger partial charge in [0.1, 0.15) is 11.6 Å². The molecule has 0 spiro atoms. The number of aromatic amines is 1. The van der Waals surface area contributed by atoms with Crippen LogP contribution >= 0.6 is 23.2 Å². The molecule has 5 rings (SSSR count). The van der Waals surface area contributed by atoms with Gasteiger partial charge in [-0.3, -0.25) is 0 Å². The van der Waals surface area contributed by atoms with Crippen LogP contribution in [-0.2, 0) is 0 Å². The Morgan fingerprint density at radius 1 is 1.12 bits per heavy atom. The van der Waals surface area contributed by atoms with Crippen LogP contribution in [0.5, 0.6) is 11.8 Å². The molecule has 2 aromatic heterocycles. The number of halogens is 2. The number of hydrogen-bond acceptors (Lipinski definition) is 5. The summed E-state index contributed by atoms with van der Waals surface area (Å²) >= 11 is 12.6. The predicted molar refractivity (Wildman–Crippen MR) is 133 cm³/mol. The first-order chi connectivity index (χ1) is 16.4. The molecule has 0 amide bonds. The van der Waals surface area contributed by atoms with Gasteiger partial charge in [-0.1, -0.05) is 47.5 Å². The van der Waals surface area contributed by atoms with Crippen molar-refractivity contribution in [1.82, 2.24) is 15.0 Å². The number of pyridine rings is 1. The van der Waals surface area contributed by atoms with Crippen molar-refractivity contribution < 1.29 is 14.6 Å². The number of H-pyrrole nitrogens is 1. The Morgan fingerprint density at radius 2 is 1.91 bits per heavy atom. The first-order valence-corrected chi connectivity index (χ1v) is 11.4. The van der Waals surface area contributed by atoms with Crippen LogP contribution < -0.4 is 9.64 Å². The molecule has 3 heterocycles. The summed E-state index contributed by atoms with van der Waals surface area (Å²) in [5, 5.41) is 10.6. The number of anilines is 1. The minimum Gasteiger partial charge on any atom is -0.478 e. The molecule has 9 heteroatoms. The van der Waals surface area contributed by atoms with Crippen LogP contribution in [0.2, 0.25) is 10.0 Å². The van der Waals surface area contributed by atoms with Crippen molar-refractivity contribution in [1.29, 1.82) is 0 Å².